The molecule has 0 aromatic heterocycles. The van der Waals surface area contributed by atoms with Crippen LogP contribution in [-0.2, 0) is 17.6 Å². The Morgan fingerprint density at radius 2 is 1.87 bits per heavy atom. The number of methoxy groups -OCH3 is 1. The van der Waals surface area contributed by atoms with Crippen LogP contribution in [0.5, 0.6) is 5.75 Å². The monoisotopic (exact) mass is 331 g/mol. The fraction of sp³-hybridized carbons (Fsp3) is 0.316. The zero-order chi connectivity index (χ0) is 16.7. The Hall–Kier alpha value is -2.00. The van der Waals surface area contributed by atoms with E-state index in [1.54, 1.807) is 7.11 Å². The lowest BCUT2D eigenvalue weighted by Gasteiger charge is -2.13. The van der Waals surface area contributed by atoms with E-state index in [-0.39, 0.29) is 11.8 Å². The smallest absolute Gasteiger partial charge is 0.223 e. The molecule has 1 unspecified atom stereocenters. The molecule has 0 aliphatic carbocycles. The first-order chi connectivity index (χ1) is 11.1. The van der Waals surface area contributed by atoms with Gasteiger partial charge in [-0.25, -0.2) is 0 Å². The van der Waals surface area contributed by atoms with Crippen LogP contribution in [0.2, 0.25) is 5.02 Å². The highest BCUT2D eigenvalue weighted by Crippen LogP contribution is 2.17. The van der Waals surface area contributed by atoms with Crippen LogP contribution >= 0.6 is 11.6 Å². The van der Waals surface area contributed by atoms with Gasteiger partial charge >= 0.3 is 0 Å². The van der Waals surface area contributed by atoms with Crippen molar-refractivity contribution >= 4 is 17.5 Å². The van der Waals surface area contributed by atoms with Crippen molar-refractivity contribution in [1.29, 1.82) is 0 Å². The van der Waals surface area contributed by atoms with Gasteiger partial charge in [-0.15, -0.1) is 0 Å². The second-order valence-electron chi connectivity index (χ2n) is 5.58. The van der Waals surface area contributed by atoms with Gasteiger partial charge in [-0.2, -0.15) is 0 Å². The standard InChI is InChI=1S/C19H22ClNO2/c1-14(13-15-7-9-17(20)10-8-15)19(22)21-12-11-16-5-3-4-6-18(16)23-2/h3-10,14H,11-13H2,1-2H3,(H,21,22). The van der Waals surface area contributed by atoms with Crippen LogP contribution in [0.25, 0.3) is 0 Å². The van der Waals surface area contributed by atoms with Crippen molar-refractivity contribution < 1.29 is 9.53 Å². The van der Waals surface area contributed by atoms with Gasteiger partial charge in [-0.3, -0.25) is 4.79 Å². The summed E-state index contributed by atoms with van der Waals surface area (Å²) in [7, 11) is 1.66. The summed E-state index contributed by atoms with van der Waals surface area (Å²) in [5.74, 6) is 0.847. The molecule has 0 radical (unpaired) electrons. The minimum atomic E-state index is -0.0751. The molecule has 23 heavy (non-hydrogen) atoms. The van der Waals surface area contributed by atoms with Crippen LogP contribution in [0.3, 0.4) is 0 Å². The van der Waals surface area contributed by atoms with E-state index in [4.69, 9.17) is 16.3 Å². The molecule has 0 aliphatic rings. The molecule has 2 aromatic carbocycles. The highest BCUT2D eigenvalue weighted by atomic mass is 35.5. The predicted octanol–water partition coefficient (Wildman–Crippen LogP) is 3.89. The van der Waals surface area contributed by atoms with Crippen molar-refractivity contribution in [1.82, 2.24) is 5.32 Å². The van der Waals surface area contributed by atoms with E-state index in [0.717, 1.165) is 23.3 Å². The van der Waals surface area contributed by atoms with Crippen molar-refractivity contribution in [2.75, 3.05) is 13.7 Å². The number of para-hydroxylation sites is 1. The molecule has 1 atom stereocenters. The Labute approximate surface area is 142 Å². The highest BCUT2D eigenvalue weighted by molar-refractivity contribution is 6.30. The lowest BCUT2D eigenvalue weighted by Crippen LogP contribution is -2.31. The first kappa shape index (κ1) is 17.4. The Morgan fingerprint density at radius 3 is 2.57 bits per heavy atom. The molecular formula is C19H22ClNO2. The Morgan fingerprint density at radius 1 is 1.17 bits per heavy atom. The second kappa shape index (κ2) is 8.59. The molecule has 2 aromatic rings. The second-order valence-corrected chi connectivity index (χ2v) is 6.02. The summed E-state index contributed by atoms with van der Waals surface area (Å²) in [6.07, 6.45) is 1.46. The van der Waals surface area contributed by atoms with Gasteiger partial charge in [0, 0.05) is 17.5 Å². The van der Waals surface area contributed by atoms with E-state index in [1.807, 2.05) is 55.5 Å². The quantitative estimate of drug-likeness (QED) is 0.836. The molecule has 0 fully saturated rings. The van der Waals surface area contributed by atoms with Crippen LogP contribution in [-0.4, -0.2) is 19.6 Å². The zero-order valence-electron chi connectivity index (χ0n) is 13.5. The average Bonchev–Trinajstić information content (AvgIpc) is 2.57. The number of hydrogen-bond donors (Lipinski definition) is 1. The third kappa shape index (κ3) is 5.29. The number of nitrogens with one attached hydrogen (secondary N) is 1. The van der Waals surface area contributed by atoms with Crippen LogP contribution in [0, 0.1) is 5.92 Å². The van der Waals surface area contributed by atoms with Crippen LogP contribution in [0.15, 0.2) is 48.5 Å². The zero-order valence-corrected chi connectivity index (χ0v) is 14.3. The molecule has 4 heteroatoms. The van der Waals surface area contributed by atoms with Gasteiger partial charge in [0.05, 0.1) is 7.11 Å². The SMILES string of the molecule is COc1ccccc1CCNC(=O)C(C)Cc1ccc(Cl)cc1. The molecule has 3 nitrogen and oxygen atoms in total. The highest BCUT2D eigenvalue weighted by Gasteiger charge is 2.13. The van der Waals surface area contributed by atoms with Gasteiger partial charge in [0.1, 0.15) is 5.75 Å². The maximum atomic E-state index is 12.2. The number of carbonyl (C=O) groups is 1. The number of halogens is 1. The van der Waals surface area contributed by atoms with E-state index in [2.05, 4.69) is 5.32 Å². The van der Waals surface area contributed by atoms with Crippen LogP contribution < -0.4 is 10.1 Å². The normalized spacial score (nSPS) is 11.8. The first-order valence-electron chi connectivity index (χ1n) is 7.74. The maximum Gasteiger partial charge on any atom is 0.223 e. The Bertz CT molecular complexity index is 640. The van der Waals surface area contributed by atoms with Crippen molar-refractivity contribution in [3.8, 4) is 5.75 Å². The molecule has 0 bridgehead atoms. The number of amides is 1. The Kier molecular flexibility index (Phi) is 6.48. The van der Waals surface area contributed by atoms with Gasteiger partial charge in [-0.05, 0) is 42.2 Å². The number of benzene rings is 2. The van der Waals surface area contributed by atoms with E-state index >= 15 is 0 Å². The molecule has 2 rings (SSSR count). The lowest BCUT2D eigenvalue weighted by molar-refractivity contribution is -0.124. The summed E-state index contributed by atoms with van der Waals surface area (Å²) in [5.41, 5.74) is 2.21. The molecule has 0 aliphatic heterocycles. The molecule has 0 spiro atoms. The van der Waals surface area contributed by atoms with Crippen molar-refractivity contribution in [3.63, 3.8) is 0 Å². The fourth-order valence-corrected chi connectivity index (χ4v) is 2.60. The van der Waals surface area contributed by atoms with Crippen LogP contribution in [0.1, 0.15) is 18.1 Å². The van der Waals surface area contributed by atoms with Crippen molar-refractivity contribution in [2.24, 2.45) is 5.92 Å². The predicted molar refractivity (Wildman–Crippen MR) is 94.0 cm³/mol. The van der Waals surface area contributed by atoms with E-state index < -0.39 is 0 Å². The summed E-state index contributed by atoms with van der Waals surface area (Å²) >= 11 is 5.87. The molecule has 0 saturated heterocycles. The van der Waals surface area contributed by atoms with E-state index in [0.29, 0.717) is 18.0 Å². The number of rotatable bonds is 7. The molecular weight excluding hydrogens is 310 g/mol. The van der Waals surface area contributed by atoms with Gasteiger partial charge in [0.15, 0.2) is 0 Å². The minimum absolute atomic E-state index is 0.0647. The molecule has 122 valence electrons. The molecule has 0 saturated carbocycles. The third-order valence-electron chi connectivity index (χ3n) is 3.79. The topological polar surface area (TPSA) is 38.3 Å². The van der Waals surface area contributed by atoms with Gasteiger partial charge < -0.3 is 10.1 Å². The number of hydrogen-bond acceptors (Lipinski definition) is 2. The summed E-state index contributed by atoms with van der Waals surface area (Å²) in [6, 6.07) is 15.5. The van der Waals surface area contributed by atoms with Crippen molar-refractivity contribution in [2.45, 2.75) is 19.8 Å². The van der Waals surface area contributed by atoms with Gasteiger partial charge in [-0.1, -0.05) is 48.9 Å². The summed E-state index contributed by atoms with van der Waals surface area (Å²) in [6.45, 7) is 2.54. The maximum absolute atomic E-state index is 12.2. The van der Waals surface area contributed by atoms with Gasteiger partial charge in [0.25, 0.3) is 0 Å². The fourth-order valence-electron chi connectivity index (χ4n) is 2.47. The Balaban J connectivity index is 1.81. The lowest BCUT2D eigenvalue weighted by atomic mass is 10.0. The van der Waals surface area contributed by atoms with Crippen LogP contribution in [0.4, 0.5) is 0 Å². The summed E-state index contributed by atoms with van der Waals surface area (Å²) in [4.78, 5) is 12.2. The summed E-state index contributed by atoms with van der Waals surface area (Å²) in [5, 5.41) is 3.70. The first-order valence-corrected chi connectivity index (χ1v) is 8.12. The number of ether oxygens (including phenoxy) is 1. The molecule has 1 amide bonds. The largest absolute Gasteiger partial charge is 0.496 e. The summed E-state index contributed by atoms with van der Waals surface area (Å²) < 4.78 is 5.32. The van der Waals surface area contributed by atoms with Crippen molar-refractivity contribution in [3.05, 3.63) is 64.7 Å². The van der Waals surface area contributed by atoms with Gasteiger partial charge in [0.2, 0.25) is 5.91 Å². The minimum Gasteiger partial charge on any atom is -0.496 e. The average molecular weight is 332 g/mol. The van der Waals surface area contributed by atoms with E-state index in [1.165, 1.54) is 0 Å². The number of carbonyl (C=O) groups excluding carboxylic acids is 1. The molecule has 1 N–H and O–H groups in total. The third-order valence-corrected chi connectivity index (χ3v) is 4.04. The van der Waals surface area contributed by atoms with E-state index in [9.17, 15) is 4.79 Å². The molecule has 0 heterocycles.